The lowest BCUT2D eigenvalue weighted by Gasteiger charge is -2.23. The zero-order valence-corrected chi connectivity index (χ0v) is 34.0. The van der Waals surface area contributed by atoms with Crippen LogP contribution in [0.5, 0.6) is 0 Å². The minimum Gasteiger partial charge on any atom is -0.264 e. The first-order valence-electron chi connectivity index (χ1n) is 20.3. The maximum Gasteiger partial charge on any atom is 0.160 e. The van der Waals surface area contributed by atoms with Crippen LogP contribution in [0.3, 0.4) is 0 Å². The molecule has 1 aliphatic carbocycles. The molecule has 0 bridgehead atoms. The summed E-state index contributed by atoms with van der Waals surface area (Å²) < 4.78 is 0. The van der Waals surface area contributed by atoms with Gasteiger partial charge in [0.1, 0.15) is 0 Å². The van der Waals surface area contributed by atoms with E-state index < -0.39 is 0 Å². The van der Waals surface area contributed by atoms with Crippen molar-refractivity contribution in [1.29, 1.82) is 0 Å². The highest BCUT2D eigenvalue weighted by Gasteiger charge is 2.36. The number of pyridine rings is 2. The Hall–Kier alpha value is -7.21. The highest BCUT2D eigenvalue weighted by Crippen LogP contribution is 2.53. The molecule has 2 aliphatic rings. The van der Waals surface area contributed by atoms with Crippen molar-refractivity contribution in [1.82, 2.24) is 19.9 Å². The van der Waals surface area contributed by atoms with Crippen LogP contribution >= 0.6 is 11.8 Å². The molecule has 0 saturated heterocycles. The first-order chi connectivity index (χ1) is 29.5. The van der Waals surface area contributed by atoms with Crippen LogP contribution in [0.2, 0.25) is 0 Å². The van der Waals surface area contributed by atoms with Crippen molar-refractivity contribution in [2.45, 2.75) is 29.1 Å². The molecule has 6 aromatic carbocycles. The molecule has 4 nitrogen and oxygen atoms in total. The summed E-state index contributed by atoms with van der Waals surface area (Å²) in [6.45, 7) is 4.72. The van der Waals surface area contributed by atoms with Crippen LogP contribution < -0.4 is 0 Å². The van der Waals surface area contributed by atoms with Gasteiger partial charge in [0.2, 0.25) is 0 Å². The van der Waals surface area contributed by atoms with E-state index in [9.17, 15) is 0 Å². The third kappa shape index (κ3) is 6.26. The quantitative estimate of drug-likeness (QED) is 0.178. The summed E-state index contributed by atoms with van der Waals surface area (Å²) >= 11 is 1.86. The molecule has 1 aliphatic heterocycles. The van der Waals surface area contributed by atoms with E-state index in [0.717, 1.165) is 50.5 Å². The van der Waals surface area contributed by atoms with Crippen molar-refractivity contribution in [3.05, 3.63) is 205 Å². The molecule has 9 aromatic rings. The summed E-state index contributed by atoms with van der Waals surface area (Å²) in [7, 11) is 0. The van der Waals surface area contributed by atoms with Gasteiger partial charge in [-0.3, -0.25) is 9.97 Å². The smallest absolute Gasteiger partial charge is 0.160 e. The van der Waals surface area contributed by atoms with Crippen LogP contribution in [0.4, 0.5) is 0 Å². The zero-order chi connectivity index (χ0) is 40.2. The molecule has 284 valence electrons. The summed E-state index contributed by atoms with van der Waals surface area (Å²) in [4.78, 5) is 22.0. The van der Waals surface area contributed by atoms with Gasteiger partial charge in [0.15, 0.2) is 5.82 Å². The predicted octanol–water partition coefficient (Wildman–Crippen LogP) is 14.2. The fourth-order valence-electron chi connectivity index (χ4n) is 8.77. The second-order valence-electron chi connectivity index (χ2n) is 15.9. The van der Waals surface area contributed by atoms with E-state index in [1.165, 1.54) is 54.3 Å². The van der Waals surface area contributed by atoms with E-state index in [4.69, 9.17) is 15.0 Å². The second kappa shape index (κ2) is 14.6. The van der Waals surface area contributed by atoms with Crippen LogP contribution in [0.25, 0.3) is 90.7 Å². The third-order valence-corrected chi connectivity index (χ3v) is 13.0. The summed E-state index contributed by atoms with van der Waals surface area (Å²) in [5.74, 6) is 0.664. The predicted molar refractivity (Wildman–Crippen MR) is 247 cm³/mol. The fourth-order valence-corrected chi connectivity index (χ4v) is 9.90. The maximum absolute atomic E-state index is 5.26. The molecule has 0 amide bonds. The number of fused-ring (bicyclic) bond motifs is 9. The van der Waals surface area contributed by atoms with E-state index in [1.54, 1.807) is 6.20 Å². The van der Waals surface area contributed by atoms with Gasteiger partial charge in [-0.2, -0.15) is 0 Å². The third-order valence-electron chi connectivity index (χ3n) is 11.9. The van der Waals surface area contributed by atoms with Gasteiger partial charge in [0.05, 0.1) is 17.1 Å². The molecule has 4 heterocycles. The minimum absolute atomic E-state index is 0.138. The lowest BCUT2D eigenvalue weighted by Crippen LogP contribution is -2.15. The SMILES string of the molecule is CC1(C)c2ccccc2-c2cc3c(cc21)Sc1ccccc1-c1ccccc1/C=C\c1ccc(-c2cc(-c4ccc(-c5cccnc5)nc4)nc(-c4ccccc4)n2)cc1-3. The van der Waals surface area contributed by atoms with Gasteiger partial charge in [-0.25, -0.2) is 9.97 Å². The molecule has 11 rings (SSSR count). The van der Waals surface area contributed by atoms with E-state index in [1.807, 2.05) is 60.6 Å². The number of nitrogens with zero attached hydrogens (tertiary/aromatic N) is 4. The van der Waals surface area contributed by atoms with Crippen LogP contribution in [-0.2, 0) is 5.41 Å². The van der Waals surface area contributed by atoms with Crippen molar-refractivity contribution >= 4 is 23.9 Å². The van der Waals surface area contributed by atoms with E-state index in [2.05, 4.69) is 158 Å². The molecule has 5 heteroatoms. The molecule has 3 aromatic heterocycles. The first kappa shape index (κ1) is 35.9. The molecule has 0 radical (unpaired) electrons. The maximum atomic E-state index is 5.26. The van der Waals surface area contributed by atoms with Gasteiger partial charge < -0.3 is 0 Å². The molecule has 0 N–H and O–H groups in total. The Morgan fingerprint density at radius 3 is 1.90 bits per heavy atom. The van der Waals surface area contributed by atoms with E-state index >= 15 is 0 Å². The average Bonchev–Trinajstić information content (AvgIpc) is 3.52. The van der Waals surface area contributed by atoms with Crippen molar-refractivity contribution in [2.75, 3.05) is 0 Å². The van der Waals surface area contributed by atoms with Gasteiger partial charge in [0.25, 0.3) is 0 Å². The average molecular weight is 787 g/mol. The summed E-state index contributed by atoms with van der Waals surface area (Å²) in [6.07, 6.45) is 10.1. The van der Waals surface area contributed by atoms with Gasteiger partial charge in [0, 0.05) is 56.1 Å². The molecule has 0 atom stereocenters. The number of aromatic nitrogens is 4. The van der Waals surface area contributed by atoms with Crippen molar-refractivity contribution in [3.8, 4) is 78.5 Å². The Kier molecular flexibility index (Phi) is 8.72. The second-order valence-corrected chi connectivity index (χ2v) is 17.0. The monoisotopic (exact) mass is 786 g/mol. The lowest BCUT2D eigenvalue weighted by atomic mass is 9.82. The van der Waals surface area contributed by atoms with Crippen LogP contribution in [0.1, 0.15) is 36.1 Å². The molecule has 0 spiro atoms. The first-order valence-corrected chi connectivity index (χ1v) is 21.1. The highest BCUT2D eigenvalue weighted by atomic mass is 32.2. The summed E-state index contributed by atoms with van der Waals surface area (Å²) in [5.41, 5.74) is 18.6. The summed E-state index contributed by atoms with van der Waals surface area (Å²) in [5, 5.41) is 0. The topological polar surface area (TPSA) is 51.6 Å². The Balaban J connectivity index is 1.13. The molecule has 60 heavy (non-hydrogen) atoms. The molecule has 0 unspecified atom stereocenters. The van der Waals surface area contributed by atoms with Crippen LogP contribution in [0, 0.1) is 0 Å². The van der Waals surface area contributed by atoms with E-state index in [0.29, 0.717) is 5.82 Å². The molecular weight excluding hydrogens is 749 g/mol. The largest absolute Gasteiger partial charge is 0.264 e. The van der Waals surface area contributed by atoms with Gasteiger partial charge in [-0.1, -0.05) is 147 Å². The van der Waals surface area contributed by atoms with Crippen LogP contribution in [-0.4, -0.2) is 19.9 Å². The standard InChI is InChI=1S/C55H38N4S/c1-55(2)47-20-10-8-18-42(47)45-30-46-44-29-38(25-24-36(44)23-22-35-13-6-7-17-41(35)43-19-9-11-21-52(43)60-53(46)31-48(45)55)50-32-51(59-54(58-50)37-14-4-3-5-15-37)40-26-27-49(57-34-40)39-16-12-28-56-33-39/h3-34H,1-2H3/b23-22-. The fraction of sp³-hybridized carbons (Fsp3) is 0.0545. The Bertz CT molecular complexity index is 3130. The normalized spacial score (nSPS) is 13.7. The number of rotatable bonds is 4. The molecule has 0 fully saturated rings. The van der Waals surface area contributed by atoms with Crippen molar-refractivity contribution < 1.29 is 0 Å². The van der Waals surface area contributed by atoms with E-state index in [-0.39, 0.29) is 5.41 Å². The highest BCUT2D eigenvalue weighted by molar-refractivity contribution is 7.99. The van der Waals surface area contributed by atoms with Crippen molar-refractivity contribution in [3.63, 3.8) is 0 Å². The lowest BCUT2D eigenvalue weighted by molar-refractivity contribution is 0.659. The van der Waals surface area contributed by atoms with Gasteiger partial charge in [-0.15, -0.1) is 0 Å². The van der Waals surface area contributed by atoms with Gasteiger partial charge in [-0.05, 0) is 110 Å². The zero-order valence-electron chi connectivity index (χ0n) is 33.2. The number of benzene rings is 6. The number of hydrogen-bond acceptors (Lipinski definition) is 5. The molecular formula is C55H38N4S. The van der Waals surface area contributed by atoms with Crippen LogP contribution in [0.15, 0.2) is 192 Å². The Morgan fingerprint density at radius 2 is 1.10 bits per heavy atom. The van der Waals surface area contributed by atoms with Gasteiger partial charge >= 0.3 is 0 Å². The molecule has 0 saturated carbocycles. The Labute approximate surface area is 354 Å². The minimum atomic E-state index is -0.138. The summed E-state index contributed by atoms with van der Waals surface area (Å²) in [6, 6.07) is 58.5. The Morgan fingerprint density at radius 1 is 0.417 bits per heavy atom. The number of hydrogen-bond donors (Lipinski definition) is 0. The van der Waals surface area contributed by atoms with Crippen molar-refractivity contribution in [2.24, 2.45) is 0 Å².